The van der Waals surface area contributed by atoms with E-state index in [1.54, 1.807) is 43.3 Å². The molecule has 2 aromatic rings. The largest absolute Gasteiger partial charge is 0.504 e. The minimum atomic E-state index is -0.924. The highest BCUT2D eigenvalue weighted by Crippen LogP contribution is 2.32. The number of methoxy groups -OCH3 is 1. The first-order chi connectivity index (χ1) is 12.9. The summed E-state index contributed by atoms with van der Waals surface area (Å²) in [5.41, 5.74) is 3.16. The number of phenolic OH excluding ortho intramolecular Hbond substituents is 1. The van der Waals surface area contributed by atoms with Crippen LogP contribution >= 0.6 is 22.6 Å². The van der Waals surface area contributed by atoms with Gasteiger partial charge in [-0.05, 0) is 59.3 Å². The molecule has 0 aromatic heterocycles. The van der Waals surface area contributed by atoms with Crippen molar-refractivity contribution in [1.82, 2.24) is 5.43 Å². The molecule has 0 saturated carbocycles. The number of carbonyl (C=O) groups excluding carboxylic acids is 2. The zero-order chi connectivity index (χ0) is 19.8. The van der Waals surface area contributed by atoms with E-state index in [1.807, 2.05) is 22.6 Å². The molecule has 0 heterocycles. The van der Waals surface area contributed by atoms with E-state index in [4.69, 9.17) is 9.47 Å². The Bertz CT molecular complexity index is 870. The molecule has 3 N–H and O–H groups in total. The number of hydrazone groups is 1. The Morgan fingerprint density at radius 1 is 1.26 bits per heavy atom. The van der Waals surface area contributed by atoms with Gasteiger partial charge in [-0.3, -0.25) is 9.59 Å². The van der Waals surface area contributed by atoms with Gasteiger partial charge in [-0.1, -0.05) is 6.07 Å². The van der Waals surface area contributed by atoms with Crippen molar-refractivity contribution in [2.75, 3.05) is 19.0 Å². The van der Waals surface area contributed by atoms with Crippen molar-refractivity contribution < 1.29 is 24.2 Å². The lowest BCUT2D eigenvalue weighted by Gasteiger charge is -2.08. The van der Waals surface area contributed by atoms with E-state index < -0.39 is 11.8 Å². The summed E-state index contributed by atoms with van der Waals surface area (Å²) in [5.74, 6) is -0.884. The zero-order valence-corrected chi connectivity index (χ0v) is 16.8. The van der Waals surface area contributed by atoms with Crippen LogP contribution in [0.2, 0.25) is 0 Å². The third-order valence-electron chi connectivity index (χ3n) is 3.26. The number of anilines is 1. The molecule has 0 aliphatic carbocycles. The average Bonchev–Trinajstić information content (AvgIpc) is 2.65. The molecule has 0 aliphatic rings. The molecule has 0 bridgehead atoms. The molecular weight excluding hydrogens is 465 g/mol. The molecule has 2 rings (SSSR count). The Balaban J connectivity index is 1.98. The number of nitrogens with zero attached hydrogens (tertiary/aromatic N) is 1. The number of benzene rings is 2. The number of carbonyl (C=O) groups is 2. The topological polar surface area (TPSA) is 109 Å². The normalized spacial score (nSPS) is 10.5. The average molecular weight is 483 g/mol. The Labute approximate surface area is 169 Å². The van der Waals surface area contributed by atoms with Gasteiger partial charge in [-0.25, -0.2) is 5.43 Å². The van der Waals surface area contributed by atoms with Crippen molar-refractivity contribution in [1.29, 1.82) is 0 Å². The van der Waals surface area contributed by atoms with Gasteiger partial charge in [0.05, 0.1) is 23.5 Å². The van der Waals surface area contributed by atoms with Crippen LogP contribution in [0.1, 0.15) is 12.5 Å². The third kappa shape index (κ3) is 5.84. The van der Waals surface area contributed by atoms with Gasteiger partial charge >= 0.3 is 11.8 Å². The highest BCUT2D eigenvalue weighted by Gasteiger charge is 2.13. The highest BCUT2D eigenvalue weighted by molar-refractivity contribution is 14.1. The van der Waals surface area contributed by atoms with Gasteiger partial charge in [0.2, 0.25) is 0 Å². The van der Waals surface area contributed by atoms with Gasteiger partial charge in [0.1, 0.15) is 5.75 Å². The number of halogens is 1. The second kappa shape index (κ2) is 9.76. The van der Waals surface area contributed by atoms with Crippen LogP contribution in [0.4, 0.5) is 5.69 Å². The number of amides is 2. The predicted octanol–water partition coefficient (Wildman–Crippen LogP) is 2.49. The summed E-state index contributed by atoms with van der Waals surface area (Å²) in [4.78, 5) is 23.7. The molecule has 0 saturated heterocycles. The maximum atomic E-state index is 11.9. The Kier molecular flexibility index (Phi) is 7.41. The molecule has 2 aromatic carbocycles. The Morgan fingerprint density at radius 2 is 2.04 bits per heavy atom. The molecule has 0 fully saturated rings. The monoisotopic (exact) mass is 483 g/mol. The number of aromatic hydroxyl groups is 1. The van der Waals surface area contributed by atoms with Gasteiger partial charge in [0.15, 0.2) is 11.5 Å². The van der Waals surface area contributed by atoms with Crippen molar-refractivity contribution in [3.63, 3.8) is 0 Å². The fourth-order valence-electron chi connectivity index (χ4n) is 2.04. The lowest BCUT2D eigenvalue weighted by molar-refractivity contribution is -0.136. The first-order valence-corrected chi connectivity index (χ1v) is 8.96. The van der Waals surface area contributed by atoms with Crippen LogP contribution in [-0.2, 0) is 9.59 Å². The van der Waals surface area contributed by atoms with E-state index in [0.29, 0.717) is 32.9 Å². The van der Waals surface area contributed by atoms with Gasteiger partial charge in [0.25, 0.3) is 0 Å². The third-order valence-corrected chi connectivity index (χ3v) is 4.09. The summed E-state index contributed by atoms with van der Waals surface area (Å²) in [5, 5.41) is 16.1. The second-order valence-electron chi connectivity index (χ2n) is 5.17. The van der Waals surface area contributed by atoms with Crippen LogP contribution < -0.4 is 20.2 Å². The van der Waals surface area contributed by atoms with Crippen LogP contribution in [0.25, 0.3) is 0 Å². The molecule has 8 nitrogen and oxygen atoms in total. The molecule has 2 amide bonds. The molecule has 142 valence electrons. The van der Waals surface area contributed by atoms with Crippen LogP contribution in [0.5, 0.6) is 17.2 Å². The highest BCUT2D eigenvalue weighted by atomic mass is 127. The van der Waals surface area contributed by atoms with Gasteiger partial charge in [0, 0.05) is 11.8 Å². The van der Waals surface area contributed by atoms with Crippen LogP contribution in [0, 0.1) is 3.57 Å². The minimum absolute atomic E-state index is 0.0382. The second-order valence-corrected chi connectivity index (χ2v) is 6.33. The standard InChI is InChI=1S/C18H18IN3O5/c1-3-27-15-8-11(7-14(19)16(15)23)10-20-22-18(25)17(24)21-12-5-4-6-13(9-12)26-2/h4-10,23H,3H2,1-2H3,(H,21,24)(H,22,25)/b20-10-. The van der Waals surface area contributed by atoms with E-state index in [9.17, 15) is 14.7 Å². The smallest absolute Gasteiger partial charge is 0.329 e. The van der Waals surface area contributed by atoms with Crippen molar-refractivity contribution >= 4 is 46.3 Å². The van der Waals surface area contributed by atoms with Crippen molar-refractivity contribution in [3.8, 4) is 17.2 Å². The summed E-state index contributed by atoms with van der Waals surface area (Å²) < 4.78 is 11.0. The van der Waals surface area contributed by atoms with Crippen molar-refractivity contribution in [3.05, 3.63) is 45.5 Å². The van der Waals surface area contributed by atoms with E-state index in [-0.39, 0.29) is 5.75 Å². The molecule has 0 spiro atoms. The summed E-state index contributed by atoms with van der Waals surface area (Å²) in [6.07, 6.45) is 1.35. The fourth-order valence-corrected chi connectivity index (χ4v) is 2.66. The molecular formula is C18H18IN3O5. The summed E-state index contributed by atoms with van der Waals surface area (Å²) in [6.45, 7) is 2.19. The molecule has 0 aliphatic heterocycles. The molecule has 0 unspecified atom stereocenters. The van der Waals surface area contributed by atoms with Gasteiger partial charge in [-0.2, -0.15) is 5.10 Å². The molecule has 0 radical (unpaired) electrons. The molecule has 9 heteroatoms. The van der Waals surface area contributed by atoms with Crippen molar-refractivity contribution in [2.45, 2.75) is 6.92 Å². The van der Waals surface area contributed by atoms with E-state index in [1.165, 1.54) is 13.3 Å². The van der Waals surface area contributed by atoms with Gasteiger partial charge < -0.3 is 19.9 Å². The lowest BCUT2D eigenvalue weighted by atomic mass is 10.2. The summed E-state index contributed by atoms with van der Waals surface area (Å²) >= 11 is 1.96. The van der Waals surface area contributed by atoms with Crippen LogP contribution in [0.3, 0.4) is 0 Å². The number of rotatable bonds is 6. The number of nitrogens with one attached hydrogen (secondary N) is 2. The number of hydrogen-bond donors (Lipinski definition) is 3. The summed E-state index contributed by atoms with van der Waals surface area (Å²) in [7, 11) is 1.50. The molecule has 27 heavy (non-hydrogen) atoms. The van der Waals surface area contributed by atoms with Crippen LogP contribution in [0.15, 0.2) is 41.5 Å². The maximum absolute atomic E-state index is 11.9. The lowest BCUT2D eigenvalue weighted by Crippen LogP contribution is -2.32. The minimum Gasteiger partial charge on any atom is -0.504 e. The first kappa shape index (κ1) is 20.5. The summed E-state index contributed by atoms with van der Waals surface area (Å²) in [6, 6.07) is 9.85. The van der Waals surface area contributed by atoms with E-state index >= 15 is 0 Å². The SMILES string of the molecule is CCOc1cc(/C=N\NC(=O)C(=O)Nc2cccc(OC)c2)cc(I)c1O. The van der Waals surface area contributed by atoms with E-state index in [0.717, 1.165) is 0 Å². The van der Waals surface area contributed by atoms with Gasteiger partial charge in [-0.15, -0.1) is 0 Å². The van der Waals surface area contributed by atoms with Crippen molar-refractivity contribution in [2.24, 2.45) is 5.10 Å². The Hall–Kier alpha value is -2.82. The zero-order valence-electron chi connectivity index (χ0n) is 14.7. The first-order valence-electron chi connectivity index (χ1n) is 7.88. The number of ether oxygens (including phenoxy) is 2. The Morgan fingerprint density at radius 3 is 2.74 bits per heavy atom. The number of phenols is 1. The predicted molar refractivity (Wildman–Crippen MR) is 109 cm³/mol. The quantitative estimate of drug-likeness (QED) is 0.253. The fraction of sp³-hybridized carbons (Fsp3) is 0.167. The maximum Gasteiger partial charge on any atom is 0.329 e. The van der Waals surface area contributed by atoms with E-state index in [2.05, 4.69) is 15.8 Å². The molecule has 0 atom stereocenters. The van der Waals surface area contributed by atoms with Crippen LogP contribution in [-0.4, -0.2) is 36.9 Å². The number of hydrogen-bond acceptors (Lipinski definition) is 6.